The molecule has 0 spiro atoms. The molecule has 1 amide bonds. The van der Waals surface area contributed by atoms with Crippen LogP contribution in [0.4, 0.5) is 4.79 Å². The van der Waals surface area contributed by atoms with Crippen LogP contribution in [-0.4, -0.2) is 30.8 Å². The summed E-state index contributed by atoms with van der Waals surface area (Å²) in [6.07, 6.45) is 0.497. The molecule has 0 bridgehead atoms. The Balaban J connectivity index is 1.47. The van der Waals surface area contributed by atoms with Gasteiger partial charge in [0, 0.05) is 0 Å². The van der Waals surface area contributed by atoms with E-state index in [0.717, 1.165) is 24.0 Å². The molecule has 0 radical (unpaired) electrons. The highest BCUT2D eigenvalue weighted by molar-refractivity contribution is 5.83. The molecule has 1 saturated carbocycles. The fraction of sp³-hybridized carbons (Fsp3) is 0.375. The molecule has 1 aliphatic rings. The summed E-state index contributed by atoms with van der Waals surface area (Å²) in [5.41, 5.74) is 1.80. The lowest BCUT2D eigenvalue weighted by atomic mass is 10.1. The minimum Gasteiger partial charge on any atom is -0.429 e. The Kier molecular flexibility index (Phi) is 8.44. The van der Waals surface area contributed by atoms with Crippen LogP contribution in [-0.2, 0) is 32.2 Å². The Morgan fingerprint density at radius 2 is 1.61 bits per heavy atom. The molecule has 7 nitrogen and oxygen atoms in total. The van der Waals surface area contributed by atoms with Crippen molar-refractivity contribution in [3.8, 4) is 6.07 Å². The predicted molar refractivity (Wildman–Crippen MR) is 112 cm³/mol. The summed E-state index contributed by atoms with van der Waals surface area (Å²) in [7, 11) is 0. The third kappa shape index (κ3) is 8.11. The van der Waals surface area contributed by atoms with E-state index in [0.29, 0.717) is 18.9 Å². The lowest BCUT2D eigenvalue weighted by Crippen LogP contribution is -2.44. The van der Waals surface area contributed by atoms with E-state index in [4.69, 9.17) is 14.2 Å². The SMILES string of the molecule is N#C[C@H](COCc1ccccc1)NC(=O)[C@H](CC1CC1)OC(=O)OCc1ccccc1. The maximum atomic E-state index is 12.7. The van der Waals surface area contributed by atoms with Crippen molar-refractivity contribution < 1.29 is 23.8 Å². The fourth-order valence-corrected chi connectivity index (χ4v) is 2.98. The highest BCUT2D eigenvalue weighted by Crippen LogP contribution is 2.34. The summed E-state index contributed by atoms with van der Waals surface area (Å²) in [5.74, 6) is -0.175. The lowest BCUT2D eigenvalue weighted by Gasteiger charge is -2.19. The maximum Gasteiger partial charge on any atom is 0.509 e. The minimum absolute atomic E-state index is 0.0335. The Bertz CT molecular complexity index is 878. The molecule has 0 aromatic heterocycles. The predicted octanol–water partition coefficient (Wildman–Crippen LogP) is 3.73. The molecule has 1 N–H and O–H groups in total. The lowest BCUT2D eigenvalue weighted by molar-refractivity contribution is -0.132. The molecule has 3 rings (SSSR count). The second-order valence-corrected chi connectivity index (χ2v) is 7.50. The van der Waals surface area contributed by atoms with Gasteiger partial charge in [-0.3, -0.25) is 4.79 Å². The van der Waals surface area contributed by atoms with Crippen molar-refractivity contribution in [2.75, 3.05) is 6.61 Å². The van der Waals surface area contributed by atoms with E-state index in [2.05, 4.69) is 5.32 Å². The van der Waals surface area contributed by atoms with Gasteiger partial charge in [0.15, 0.2) is 6.10 Å². The maximum absolute atomic E-state index is 12.7. The zero-order valence-electron chi connectivity index (χ0n) is 17.2. The van der Waals surface area contributed by atoms with Crippen molar-refractivity contribution in [3.63, 3.8) is 0 Å². The Labute approximate surface area is 181 Å². The quantitative estimate of drug-likeness (QED) is 0.554. The highest BCUT2D eigenvalue weighted by Gasteiger charge is 2.33. The first-order valence-electron chi connectivity index (χ1n) is 10.3. The largest absolute Gasteiger partial charge is 0.509 e. The standard InChI is InChI=1S/C24H26N2O5/c25-14-21(17-29-15-19-7-3-1-4-8-19)26-23(27)22(13-18-11-12-18)31-24(28)30-16-20-9-5-2-6-10-20/h1-10,18,21-22H,11-13,15-17H2,(H,26,27)/t21-,22+/m1/s1. The topological polar surface area (TPSA) is 97.6 Å². The number of carbonyl (C=O) groups excluding carboxylic acids is 2. The minimum atomic E-state index is -0.999. The summed E-state index contributed by atoms with van der Waals surface area (Å²) < 4.78 is 16.0. The molecule has 0 heterocycles. The summed E-state index contributed by atoms with van der Waals surface area (Å²) in [5, 5.41) is 12.0. The molecule has 31 heavy (non-hydrogen) atoms. The summed E-state index contributed by atoms with van der Waals surface area (Å²) in [6.45, 7) is 0.431. The number of hydrogen-bond acceptors (Lipinski definition) is 6. The number of amides is 1. The third-order valence-corrected chi connectivity index (χ3v) is 4.84. The number of benzene rings is 2. The molecule has 0 saturated heterocycles. The number of ether oxygens (including phenoxy) is 3. The van der Waals surface area contributed by atoms with E-state index in [9.17, 15) is 14.9 Å². The Morgan fingerprint density at radius 3 is 2.19 bits per heavy atom. The first-order chi connectivity index (χ1) is 15.1. The van der Waals surface area contributed by atoms with Gasteiger partial charge >= 0.3 is 6.16 Å². The number of hydrogen-bond donors (Lipinski definition) is 1. The van der Waals surface area contributed by atoms with Gasteiger partial charge in [0.05, 0.1) is 19.3 Å². The molecular weight excluding hydrogens is 396 g/mol. The van der Waals surface area contributed by atoms with Crippen LogP contribution >= 0.6 is 0 Å². The van der Waals surface area contributed by atoms with Gasteiger partial charge in [-0.2, -0.15) is 5.26 Å². The molecular formula is C24H26N2O5. The van der Waals surface area contributed by atoms with Crippen LogP contribution in [0.1, 0.15) is 30.4 Å². The van der Waals surface area contributed by atoms with Crippen LogP contribution in [0.25, 0.3) is 0 Å². The van der Waals surface area contributed by atoms with Crippen LogP contribution < -0.4 is 5.32 Å². The van der Waals surface area contributed by atoms with Crippen molar-refractivity contribution in [1.29, 1.82) is 5.26 Å². The van der Waals surface area contributed by atoms with Crippen molar-refractivity contribution in [2.24, 2.45) is 5.92 Å². The van der Waals surface area contributed by atoms with Gasteiger partial charge in [-0.1, -0.05) is 73.5 Å². The van der Waals surface area contributed by atoms with Crippen LogP contribution in [0, 0.1) is 17.2 Å². The Hall–Kier alpha value is -3.37. The molecule has 7 heteroatoms. The van der Waals surface area contributed by atoms with Crippen LogP contribution in [0.3, 0.4) is 0 Å². The first-order valence-corrected chi connectivity index (χ1v) is 10.3. The second kappa shape index (κ2) is 11.7. The van der Waals surface area contributed by atoms with Crippen molar-refractivity contribution in [3.05, 3.63) is 71.8 Å². The van der Waals surface area contributed by atoms with E-state index < -0.39 is 24.2 Å². The molecule has 1 aliphatic carbocycles. The first kappa shape index (κ1) is 22.3. The zero-order valence-corrected chi connectivity index (χ0v) is 17.2. The molecule has 162 valence electrons. The summed E-state index contributed by atoms with van der Waals surface area (Å²) in [4.78, 5) is 24.8. The van der Waals surface area contributed by atoms with Gasteiger partial charge in [0.25, 0.3) is 5.91 Å². The molecule has 2 aromatic carbocycles. The summed E-state index contributed by atoms with van der Waals surface area (Å²) >= 11 is 0. The number of rotatable bonds is 11. The van der Waals surface area contributed by atoms with Crippen molar-refractivity contribution in [2.45, 2.75) is 44.6 Å². The highest BCUT2D eigenvalue weighted by atomic mass is 16.7. The average molecular weight is 422 g/mol. The summed E-state index contributed by atoms with van der Waals surface area (Å²) in [6, 6.07) is 19.9. The van der Waals surface area contributed by atoms with Gasteiger partial charge in [-0.25, -0.2) is 4.79 Å². The van der Waals surface area contributed by atoms with Crippen LogP contribution in [0.15, 0.2) is 60.7 Å². The monoisotopic (exact) mass is 422 g/mol. The van der Waals surface area contributed by atoms with Crippen LogP contribution in [0.2, 0.25) is 0 Å². The molecule has 0 unspecified atom stereocenters. The molecule has 2 aromatic rings. The van der Waals surface area contributed by atoms with E-state index in [1.807, 2.05) is 66.7 Å². The zero-order chi connectivity index (χ0) is 21.9. The van der Waals surface area contributed by atoms with Crippen molar-refractivity contribution in [1.82, 2.24) is 5.32 Å². The average Bonchev–Trinajstić information content (AvgIpc) is 3.62. The van der Waals surface area contributed by atoms with E-state index in [1.54, 1.807) is 0 Å². The van der Waals surface area contributed by atoms with Gasteiger partial charge in [-0.05, 0) is 23.5 Å². The number of carbonyl (C=O) groups is 2. The normalized spacial score (nSPS) is 14.7. The number of nitriles is 1. The second-order valence-electron chi connectivity index (χ2n) is 7.50. The van der Waals surface area contributed by atoms with E-state index >= 15 is 0 Å². The van der Waals surface area contributed by atoms with Gasteiger partial charge in [0.1, 0.15) is 12.6 Å². The van der Waals surface area contributed by atoms with E-state index in [-0.39, 0.29) is 13.2 Å². The van der Waals surface area contributed by atoms with Gasteiger partial charge in [0.2, 0.25) is 0 Å². The molecule has 1 fully saturated rings. The van der Waals surface area contributed by atoms with Crippen LogP contribution in [0.5, 0.6) is 0 Å². The number of nitrogens with zero attached hydrogens (tertiary/aromatic N) is 1. The number of nitrogens with one attached hydrogen (secondary N) is 1. The fourth-order valence-electron chi connectivity index (χ4n) is 2.98. The Morgan fingerprint density at radius 1 is 1.00 bits per heavy atom. The smallest absolute Gasteiger partial charge is 0.429 e. The molecule has 2 atom stereocenters. The van der Waals surface area contributed by atoms with Gasteiger partial charge in [-0.15, -0.1) is 0 Å². The van der Waals surface area contributed by atoms with Crippen molar-refractivity contribution >= 4 is 12.1 Å². The third-order valence-electron chi connectivity index (χ3n) is 4.84. The molecule has 0 aliphatic heterocycles. The van der Waals surface area contributed by atoms with E-state index in [1.165, 1.54) is 0 Å². The van der Waals surface area contributed by atoms with Gasteiger partial charge < -0.3 is 19.5 Å².